The van der Waals surface area contributed by atoms with E-state index >= 15 is 0 Å². The molecule has 0 bridgehead atoms. The van der Waals surface area contributed by atoms with Gasteiger partial charge in [0.25, 0.3) is 0 Å². The van der Waals surface area contributed by atoms with Gasteiger partial charge in [-0.2, -0.15) is 0 Å². The minimum Gasteiger partial charge on any atom is -0.439 e. The monoisotopic (exact) mass is 580 g/mol. The average molecular weight is 581 g/mol. The number of unbranched alkanes of at least 4 members (excludes halogenated alkanes) is 1. The molecule has 1 fully saturated rings. The van der Waals surface area contributed by atoms with Crippen molar-refractivity contribution < 1.29 is 17.9 Å². The summed E-state index contributed by atoms with van der Waals surface area (Å²) in [4.78, 5) is 26.5. The van der Waals surface area contributed by atoms with Gasteiger partial charge in [0.2, 0.25) is 15.9 Å². The van der Waals surface area contributed by atoms with Crippen molar-refractivity contribution >= 4 is 27.4 Å². The van der Waals surface area contributed by atoms with E-state index in [9.17, 15) is 13.2 Å². The maximum atomic E-state index is 13.2. The first-order valence-corrected chi connectivity index (χ1v) is 15.9. The predicted molar refractivity (Wildman–Crippen MR) is 162 cm³/mol. The maximum Gasteiger partial charge on any atom is 0.322 e. The van der Waals surface area contributed by atoms with E-state index in [-0.39, 0.29) is 12.1 Å². The number of ether oxygens (including phenoxy) is 1. The Morgan fingerprint density at radius 1 is 1.05 bits per heavy atom. The first-order chi connectivity index (χ1) is 19.6. The lowest BCUT2D eigenvalue weighted by atomic mass is 10.0. The Balaban J connectivity index is 1.31. The van der Waals surface area contributed by atoms with Crippen LogP contribution in [0, 0.1) is 13.8 Å². The van der Waals surface area contributed by atoms with Crippen molar-refractivity contribution in [2.75, 3.05) is 35.9 Å². The highest BCUT2D eigenvalue weighted by Gasteiger charge is 2.28. The predicted octanol–water partition coefficient (Wildman–Crippen LogP) is 5.56. The van der Waals surface area contributed by atoms with Crippen molar-refractivity contribution in [1.29, 1.82) is 0 Å². The number of aromatic nitrogens is 2. The Bertz CT molecular complexity index is 1410. The van der Waals surface area contributed by atoms with Crippen LogP contribution in [-0.4, -0.2) is 66.1 Å². The van der Waals surface area contributed by atoms with Crippen molar-refractivity contribution in [3.8, 4) is 11.6 Å². The van der Waals surface area contributed by atoms with Crippen LogP contribution in [0.15, 0.2) is 54.7 Å². The smallest absolute Gasteiger partial charge is 0.322 e. The van der Waals surface area contributed by atoms with Gasteiger partial charge in [0.15, 0.2) is 0 Å². The maximum absolute atomic E-state index is 13.2. The van der Waals surface area contributed by atoms with Gasteiger partial charge in [-0.05, 0) is 75.1 Å². The molecule has 2 N–H and O–H groups in total. The second-order valence-corrected chi connectivity index (χ2v) is 12.3. The van der Waals surface area contributed by atoms with Gasteiger partial charge >= 0.3 is 6.03 Å². The van der Waals surface area contributed by atoms with Crippen molar-refractivity contribution in [1.82, 2.24) is 19.8 Å². The van der Waals surface area contributed by atoms with Gasteiger partial charge in [0.05, 0.1) is 18.1 Å². The molecule has 4 rings (SSSR count). The van der Waals surface area contributed by atoms with E-state index in [1.54, 1.807) is 30.5 Å². The molecule has 41 heavy (non-hydrogen) atoms. The molecule has 0 spiro atoms. The van der Waals surface area contributed by atoms with E-state index < -0.39 is 10.0 Å². The summed E-state index contributed by atoms with van der Waals surface area (Å²) < 4.78 is 31.1. The minimum atomic E-state index is -3.33. The number of nitrogens with one attached hydrogen (secondary N) is 2. The molecule has 0 aliphatic carbocycles. The number of hydrogen-bond donors (Lipinski definition) is 2. The number of carbonyl (C=O) groups excluding carboxylic acids is 1. The first-order valence-electron chi connectivity index (χ1n) is 14.0. The lowest BCUT2D eigenvalue weighted by Gasteiger charge is -2.38. The number of nitrogens with zero attached hydrogens (tertiary/aromatic N) is 4. The zero-order valence-corrected chi connectivity index (χ0v) is 25.1. The molecule has 11 heteroatoms. The highest BCUT2D eigenvalue weighted by atomic mass is 32.2. The summed E-state index contributed by atoms with van der Waals surface area (Å²) in [5.41, 5.74) is 4.14. The molecule has 0 saturated carbocycles. The molecule has 3 heterocycles. The fourth-order valence-corrected chi connectivity index (χ4v) is 5.43. The molecule has 1 saturated heterocycles. The van der Waals surface area contributed by atoms with Crippen LogP contribution in [0.3, 0.4) is 0 Å². The number of urea groups is 1. The number of pyridine rings is 2. The summed E-state index contributed by atoms with van der Waals surface area (Å²) in [7, 11) is -3.33. The van der Waals surface area contributed by atoms with Crippen LogP contribution >= 0.6 is 0 Å². The number of likely N-dealkylation sites (tertiary alicyclic amines) is 1. The third-order valence-electron chi connectivity index (χ3n) is 7.12. The van der Waals surface area contributed by atoms with Crippen molar-refractivity contribution in [3.63, 3.8) is 0 Å². The van der Waals surface area contributed by atoms with Crippen LogP contribution in [-0.2, 0) is 16.6 Å². The zero-order valence-electron chi connectivity index (χ0n) is 24.3. The highest BCUT2D eigenvalue weighted by Crippen LogP contribution is 2.25. The Kier molecular flexibility index (Phi) is 10.2. The molecule has 220 valence electrons. The van der Waals surface area contributed by atoms with Crippen molar-refractivity contribution in [2.24, 2.45) is 0 Å². The number of hydrogen-bond acceptors (Lipinski definition) is 7. The molecule has 1 aliphatic heterocycles. The largest absolute Gasteiger partial charge is 0.439 e. The van der Waals surface area contributed by atoms with Crippen LogP contribution in [0.4, 0.5) is 16.2 Å². The van der Waals surface area contributed by atoms with E-state index in [1.807, 2.05) is 43.0 Å². The third-order valence-corrected chi connectivity index (χ3v) is 7.72. The van der Waals surface area contributed by atoms with E-state index in [0.717, 1.165) is 80.8 Å². The van der Waals surface area contributed by atoms with Crippen LogP contribution in [0.5, 0.6) is 11.6 Å². The number of sulfonamides is 1. The van der Waals surface area contributed by atoms with Crippen LogP contribution in [0.25, 0.3) is 0 Å². The summed E-state index contributed by atoms with van der Waals surface area (Å²) in [6.07, 6.45) is 6.66. The molecule has 2 aromatic heterocycles. The zero-order chi connectivity index (χ0) is 29.4. The highest BCUT2D eigenvalue weighted by molar-refractivity contribution is 7.92. The molecular formula is C30H40N6O4S. The SMILES string of the molecule is CCCCN(C(=O)Nc1ccc(C)nc1)C1CCN(Cc2ccc(Oc3ccc(NS(C)(=O)=O)cc3)nc2C)CC1. The number of carbonyl (C=O) groups is 1. The molecule has 2 amide bonds. The van der Waals surface area contributed by atoms with Crippen LogP contribution in [0.1, 0.15) is 49.6 Å². The lowest BCUT2D eigenvalue weighted by Crippen LogP contribution is -2.49. The van der Waals surface area contributed by atoms with E-state index in [2.05, 4.69) is 31.8 Å². The quantitative estimate of drug-likeness (QED) is 0.305. The summed E-state index contributed by atoms with van der Waals surface area (Å²) in [5, 5.41) is 3.03. The number of benzene rings is 1. The summed E-state index contributed by atoms with van der Waals surface area (Å²) in [6, 6.07) is 14.5. The summed E-state index contributed by atoms with van der Waals surface area (Å²) in [5.74, 6) is 1.05. The fraction of sp³-hybridized carbons (Fsp3) is 0.433. The first kappa shape index (κ1) is 30.3. The lowest BCUT2D eigenvalue weighted by molar-refractivity contribution is 0.122. The topological polar surface area (TPSA) is 117 Å². The van der Waals surface area contributed by atoms with Gasteiger partial charge < -0.3 is 15.0 Å². The standard InChI is InChI=1S/C30H40N6O4S/c1-5-6-17-36(30(37)33-26-9-7-22(2)31-20-26)27-15-18-35(19-16-27)21-24-8-14-29(32-23(24)3)40-28-12-10-25(11-13-28)34-41(4,38)39/h7-14,20,27,34H,5-6,15-19,21H2,1-4H3,(H,33,37). The Hall–Kier alpha value is -3.70. The molecular weight excluding hydrogens is 540 g/mol. The van der Waals surface area contributed by atoms with E-state index in [1.165, 1.54) is 0 Å². The minimum absolute atomic E-state index is 0.0560. The number of rotatable bonds is 11. The molecule has 1 aliphatic rings. The molecule has 1 aromatic carbocycles. The second-order valence-electron chi connectivity index (χ2n) is 10.6. The van der Waals surface area contributed by atoms with Gasteiger partial charge in [-0.15, -0.1) is 0 Å². The van der Waals surface area contributed by atoms with Crippen LogP contribution in [0.2, 0.25) is 0 Å². The Morgan fingerprint density at radius 3 is 2.37 bits per heavy atom. The Labute approximate surface area is 243 Å². The van der Waals surface area contributed by atoms with Crippen molar-refractivity contribution in [2.45, 2.75) is 59.0 Å². The molecule has 3 aromatic rings. The van der Waals surface area contributed by atoms with E-state index in [0.29, 0.717) is 17.3 Å². The summed E-state index contributed by atoms with van der Waals surface area (Å²) in [6.45, 7) is 9.38. The summed E-state index contributed by atoms with van der Waals surface area (Å²) >= 11 is 0. The van der Waals surface area contributed by atoms with Gasteiger partial charge in [0.1, 0.15) is 5.75 Å². The fourth-order valence-electron chi connectivity index (χ4n) is 4.86. The van der Waals surface area contributed by atoms with Gasteiger partial charge in [-0.1, -0.05) is 19.4 Å². The third kappa shape index (κ3) is 9.15. The Morgan fingerprint density at radius 2 is 1.76 bits per heavy atom. The number of aryl methyl sites for hydroxylation is 2. The van der Waals surface area contributed by atoms with Crippen molar-refractivity contribution in [3.05, 3.63) is 71.7 Å². The molecule has 10 nitrogen and oxygen atoms in total. The average Bonchev–Trinajstić information content (AvgIpc) is 2.93. The van der Waals surface area contributed by atoms with Gasteiger partial charge in [-0.25, -0.2) is 18.2 Å². The number of amides is 2. The molecule has 0 atom stereocenters. The second kappa shape index (κ2) is 13.8. The van der Waals surface area contributed by atoms with E-state index in [4.69, 9.17) is 4.74 Å². The molecule has 0 radical (unpaired) electrons. The normalized spacial score (nSPS) is 14.4. The van der Waals surface area contributed by atoms with Gasteiger partial charge in [0, 0.05) is 55.4 Å². The van der Waals surface area contributed by atoms with Gasteiger partial charge in [-0.3, -0.25) is 14.6 Å². The van der Waals surface area contributed by atoms with Crippen LogP contribution < -0.4 is 14.8 Å². The molecule has 0 unspecified atom stereocenters. The number of piperidine rings is 1. The number of anilines is 2.